The monoisotopic (exact) mass is 363 g/mol. The molecule has 2 aromatic carbocycles. The Morgan fingerprint density at radius 2 is 1.89 bits per heavy atom. The lowest BCUT2D eigenvalue weighted by Gasteiger charge is -2.27. The number of carbonyl (C=O) groups excluding carboxylic acids is 2. The summed E-state index contributed by atoms with van der Waals surface area (Å²) in [5, 5.41) is 6.23. The van der Waals surface area contributed by atoms with E-state index in [0.717, 1.165) is 37.1 Å². The molecule has 2 N–H and O–H groups in total. The average molecular weight is 363 g/mol. The van der Waals surface area contributed by atoms with E-state index in [1.807, 2.05) is 48.5 Å². The minimum Gasteiger partial charge on any atom is -0.343 e. The van der Waals surface area contributed by atoms with Crippen LogP contribution in [0.15, 0.2) is 48.5 Å². The Hall–Kier alpha value is -2.66. The molecule has 1 atom stereocenters. The average Bonchev–Trinajstić information content (AvgIpc) is 2.77. The van der Waals surface area contributed by atoms with E-state index in [1.165, 1.54) is 5.56 Å². The lowest BCUT2D eigenvalue weighted by molar-refractivity contribution is -0.131. The van der Waals surface area contributed by atoms with Gasteiger partial charge in [-0.25, -0.2) is 0 Å². The third kappa shape index (κ3) is 3.74. The van der Waals surface area contributed by atoms with Crippen molar-refractivity contribution in [3.63, 3.8) is 0 Å². The van der Waals surface area contributed by atoms with Crippen LogP contribution in [0.5, 0.6) is 0 Å². The van der Waals surface area contributed by atoms with Gasteiger partial charge in [0.2, 0.25) is 5.91 Å². The zero-order valence-corrected chi connectivity index (χ0v) is 15.6. The summed E-state index contributed by atoms with van der Waals surface area (Å²) in [6, 6.07) is 15.0. The van der Waals surface area contributed by atoms with Gasteiger partial charge in [0.05, 0.1) is 0 Å². The number of nitrogens with zero attached hydrogens (tertiary/aromatic N) is 1. The summed E-state index contributed by atoms with van der Waals surface area (Å²) in [6.45, 7) is 2.80. The van der Waals surface area contributed by atoms with E-state index in [1.54, 1.807) is 11.9 Å². The van der Waals surface area contributed by atoms with Crippen molar-refractivity contribution in [2.75, 3.05) is 26.7 Å². The second-order valence-electron chi connectivity index (χ2n) is 7.54. The molecule has 2 heterocycles. The Bertz CT molecular complexity index is 843. The van der Waals surface area contributed by atoms with Gasteiger partial charge < -0.3 is 15.5 Å². The molecule has 2 amide bonds. The second-order valence-corrected chi connectivity index (χ2v) is 7.54. The van der Waals surface area contributed by atoms with Gasteiger partial charge in [0, 0.05) is 19.2 Å². The minimum atomic E-state index is -0.637. The minimum absolute atomic E-state index is 0.0672. The smallest absolute Gasteiger partial charge is 0.252 e. The van der Waals surface area contributed by atoms with E-state index in [9.17, 15) is 9.59 Å². The second kappa shape index (κ2) is 7.53. The van der Waals surface area contributed by atoms with Crippen LogP contribution in [-0.4, -0.2) is 43.4 Å². The van der Waals surface area contributed by atoms with Gasteiger partial charge >= 0.3 is 0 Å². The molecule has 4 rings (SSSR count). The van der Waals surface area contributed by atoms with Gasteiger partial charge in [-0.1, -0.05) is 36.4 Å². The fourth-order valence-electron chi connectivity index (χ4n) is 3.77. The lowest BCUT2D eigenvalue weighted by atomic mass is 9.94. The van der Waals surface area contributed by atoms with Crippen molar-refractivity contribution in [2.24, 2.45) is 5.92 Å². The van der Waals surface area contributed by atoms with Crippen LogP contribution < -0.4 is 10.6 Å². The van der Waals surface area contributed by atoms with E-state index in [-0.39, 0.29) is 11.8 Å². The van der Waals surface area contributed by atoms with Crippen LogP contribution in [-0.2, 0) is 17.6 Å². The first-order valence-electron chi connectivity index (χ1n) is 9.55. The first-order chi connectivity index (χ1) is 13.1. The highest BCUT2D eigenvalue weighted by molar-refractivity contribution is 5.98. The Kier molecular flexibility index (Phi) is 4.94. The number of fused-ring (bicyclic) bond motifs is 1. The molecule has 0 radical (unpaired) electrons. The largest absolute Gasteiger partial charge is 0.343 e. The first kappa shape index (κ1) is 17.7. The van der Waals surface area contributed by atoms with E-state index >= 15 is 0 Å². The molecule has 2 aromatic rings. The van der Waals surface area contributed by atoms with Gasteiger partial charge in [-0.3, -0.25) is 9.59 Å². The molecule has 0 bridgehead atoms. The summed E-state index contributed by atoms with van der Waals surface area (Å²) in [5.74, 6) is 0.415. The molecule has 0 aliphatic carbocycles. The maximum absolute atomic E-state index is 12.8. The number of rotatable bonds is 4. The summed E-state index contributed by atoms with van der Waals surface area (Å²) in [5.41, 5.74) is 3.84. The van der Waals surface area contributed by atoms with Gasteiger partial charge in [0.1, 0.15) is 6.04 Å². The number of likely N-dealkylation sites (N-methyl/N-ethyl adjacent to an activating group) is 1. The molecule has 1 saturated heterocycles. The molecular weight excluding hydrogens is 338 g/mol. The van der Waals surface area contributed by atoms with Crippen molar-refractivity contribution < 1.29 is 9.59 Å². The molecule has 2 aliphatic heterocycles. The third-order valence-corrected chi connectivity index (χ3v) is 5.59. The van der Waals surface area contributed by atoms with E-state index in [4.69, 9.17) is 0 Å². The summed E-state index contributed by atoms with van der Waals surface area (Å²) < 4.78 is 0. The molecular formula is C22H25N3O2. The number of amides is 2. The highest BCUT2D eigenvalue weighted by Gasteiger charge is 2.30. The van der Waals surface area contributed by atoms with Crippen LogP contribution in [0.4, 0.5) is 0 Å². The first-order valence-corrected chi connectivity index (χ1v) is 9.55. The standard InChI is InChI=1S/C22H25N3O2/c1-25-11-10-17-4-2-3-5-19(17)20(22(25)27)24-21(26)18-8-6-15(7-9-18)12-16-13-23-14-16/h2-9,16,20,23H,10-14H2,1H3,(H,24,26). The van der Waals surface area contributed by atoms with E-state index in [2.05, 4.69) is 10.6 Å². The molecule has 0 spiro atoms. The number of benzene rings is 2. The molecule has 0 saturated carbocycles. The molecule has 2 aliphatic rings. The van der Waals surface area contributed by atoms with Gasteiger partial charge in [-0.05, 0) is 60.7 Å². The normalized spacial score (nSPS) is 19.8. The van der Waals surface area contributed by atoms with Crippen LogP contribution >= 0.6 is 0 Å². The van der Waals surface area contributed by atoms with Crippen LogP contribution in [0.2, 0.25) is 0 Å². The van der Waals surface area contributed by atoms with E-state index < -0.39 is 6.04 Å². The maximum Gasteiger partial charge on any atom is 0.252 e. The van der Waals surface area contributed by atoms with Crippen molar-refractivity contribution in [1.29, 1.82) is 0 Å². The molecule has 5 nitrogen and oxygen atoms in total. The predicted molar refractivity (Wildman–Crippen MR) is 104 cm³/mol. The molecule has 1 unspecified atom stereocenters. The van der Waals surface area contributed by atoms with Crippen molar-refractivity contribution >= 4 is 11.8 Å². The Labute approximate surface area is 159 Å². The molecule has 1 fully saturated rings. The lowest BCUT2D eigenvalue weighted by Crippen LogP contribution is -2.43. The maximum atomic E-state index is 12.8. The molecule has 140 valence electrons. The third-order valence-electron chi connectivity index (χ3n) is 5.59. The van der Waals surface area contributed by atoms with Gasteiger partial charge in [-0.2, -0.15) is 0 Å². The Balaban J connectivity index is 1.51. The molecule has 0 aromatic heterocycles. The summed E-state index contributed by atoms with van der Waals surface area (Å²) in [7, 11) is 1.79. The number of hydrogen-bond acceptors (Lipinski definition) is 3. The highest BCUT2D eigenvalue weighted by atomic mass is 16.2. The quantitative estimate of drug-likeness (QED) is 0.873. The number of nitrogens with one attached hydrogen (secondary N) is 2. The summed E-state index contributed by atoms with van der Waals surface area (Å²) >= 11 is 0. The number of hydrogen-bond donors (Lipinski definition) is 2. The predicted octanol–water partition coefficient (Wildman–Crippen LogP) is 1.93. The van der Waals surface area contributed by atoms with Crippen LogP contribution in [0.1, 0.15) is 33.1 Å². The summed E-state index contributed by atoms with van der Waals surface area (Å²) in [4.78, 5) is 27.3. The highest BCUT2D eigenvalue weighted by Crippen LogP contribution is 2.24. The fourth-order valence-corrected chi connectivity index (χ4v) is 3.77. The van der Waals surface area contributed by atoms with Crippen LogP contribution in [0, 0.1) is 5.92 Å². The van der Waals surface area contributed by atoms with E-state index in [0.29, 0.717) is 18.0 Å². The SMILES string of the molecule is CN1CCc2ccccc2C(NC(=O)c2ccc(CC3CNC3)cc2)C1=O. The van der Waals surface area contributed by atoms with Gasteiger partial charge in [0.25, 0.3) is 5.91 Å². The Morgan fingerprint density at radius 3 is 2.59 bits per heavy atom. The zero-order chi connectivity index (χ0) is 18.8. The molecule has 5 heteroatoms. The molecule has 27 heavy (non-hydrogen) atoms. The van der Waals surface area contributed by atoms with Gasteiger partial charge in [0.15, 0.2) is 0 Å². The summed E-state index contributed by atoms with van der Waals surface area (Å²) in [6.07, 6.45) is 1.84. The Morgan fingerprint density at radius 1 is 1.15 bits per heavy atom. The number of carbonyl (C=O) groups is 2. The van der Waals surface area contributed by atoms with Crippen LogP contribution in [0.25, 0.3) is 0 Å². The van der Waals surface area contributed by atoms with Crippen molar-refractivity contribution in [3.05, 3.63) is 70.8 Å². The van der Waals surface area contributed by atoms with Crippen molar-refractivity contribution in [1.82, 2.24) is 15.5 Å². The van der Waals surface area contributed by atoms with Crippen molar-refractivity contribution in [3.8, 4) is 0 Å². The van der Waals surface area contributed by atoms with Gasteiger partial charge in [-0.15, -0.1) is 0 Å². The zero-order valence-electron chi connectivity index (χ0n) is 15.6. The van der Waals surface area contributed by atoms with Crippen LogP contribution in [0.3, 0.4) is 0 Å². The van der Waals surface area contributed by atoms with Crippen molar-refractivity contribution in [2.45, 2.75) is 18.9 Å². The fraction of sp³-hybridized carbons (Fsp3) is 0.364. The topological polar surface area (TPSA) is 61.4 Å².